The quantitative estimate of drug-likeness (QED) is 0.351. The van der Waals surface area contributed by atoms with E-state index < -0.39 is 0 Å². The molecular weight excluding hydrogens is 398 g/mol. The first-order valence-electron chi connectivity index (χ1n) is 11.5. The molecule has 1 atom stereocenters. The van der Waals surface area contributed by atoms with Gasteiger partial charge in [0.05, 0.1) is 19.3 Å². The smallest absolute Gasteiger partial charge is 0.231 e. The summed E-state index contributed by atoms with van der Waals surface area (Å²) in [4.78, 5) is 4.96. The summed E-state index contributed by atoms with van der Waals surface area (Å²) in [5, 5.41) is 6.81. The summed E-state index contributed by atoms with van der Waals surface area (Å²) >= 11 is 0. The van der Waals surface area contributed by atoms with Gasteiger partial charge in [-0.2, -0.15) is 0 Å². The number of aliphatic imine (C=N–C) groups is 1. The van der Waals surface area contributed by atoms with Crippen LogP contribution in [0.3, 0.4) is 0 Å². The molecule has 0 bridgehead atoms. The van der Waals surface area contributed by atoms with Crippen LogP contribution in [0.1, 0.15) is 38.2 Å². The fraction of sp³-hybridized carbons (Fsp3) is 0.696. The van der Waals surface area contributed by atoms with Gasteiger partial charge in [-0.3, -0.25) is 4.99 Å². The first-order chi connectivity index (χ1) is 15.3. The molecule has 1 unspecified atom stereocenters. The lowest BCUT2D eigenvalue weighted by molar-refractivity contribution is 0.0419. The standard InChI is InChI=1S/C23H35N3O5/c1-2-24-22(25-9-3-10-29-19-6-11-28-15-19)26-16-23(7-12-27-13-8-23)18-4-5-20-21(14-18)31-17-30-20/h4-5,14,19H,2-3,6-13,15-17H2,1H3,(H2,24,25,26). The molecule has 4 rings (SSSR count). The van der Waals surface area contributed by atoms with E-state index in [0.717, 1.165) is 89.3 Å². The predicted molar refractivity (Wildman–Crippen MR) is 118 cm³/mol. The lowest BCUT2D eigenvalue weighted by Crippen LogP contribution is -2.41. The highest BCUT2D eigenvalue weighted by molar-refractivity contribution is 5.79. The topological polar surface area (TPSA) is 82.6 Å². The summed E-state index contributed by atoms with van der Waals surface area (Å²) in [6.45, 7) is 8.48. The maximum atomic E-state index is 5.85. The molecule has 0 aliphatic carbocycles. The molecule has 0 aromatic heterocycles. The zero-order chi connectivity index (χ0) is 21.4. The van der Waals surface area contributed by atoms with Crippen molar-refractivity contribution in [3.05, 3.63) is 23.8 Å². The lowest BCUT2D eigenvalue weighted by atomic mass is 9.74. The molecule has 1 aromatic rings. The van der Waals surface area contributed by atoms with Crippen molar-refractivity contribution in [1.82, 2.24) is 10.6 Å². The highest BCUT2D eigenvalue weighted by Crippen LogP contribution is 2.41. The van der Waals surface area contributed by atoms with E-state index in [1.807, 2.05) is 6.07 Å². The number of benzene rings is 1. The van der Waals surface area contributed by atoms with Crippen LogP contribution in [0.25, 0.3) is 0 Å². The maximum Gasteiger partial charge on any atom is 0.231 e. The van der Waals surface area contributed by atoms with Crippen LogP contribution in [-0.2, 0) is 19.6 Å². The van der Waals surface area contributed by atoms with Crippen molar-refractivity contribution in [2.75, 3.05) is 59.5 Å². The van der Waals surface area contributed by atoms with E-state index in [2.05, 4.69) is 29.7 Å². The second-order valence-corrected chi connectivity index (χ2v) is 8.29. The number of rotatable bonds is 9. The van der Waals surface area contributed by atoms with E-state index in [-0.39, 0.29) is 11.5 Å². The number of fused-ring (bicyclic) bond motifs is 1. The van der Waals surface area contributed by atoms with Crippen molar-refractivity contribution in [1.29, 1.82) is 0 Å². The molecule has 31 heavy (non-hydrogen) atoms. The Morgan fingerprint density at radius 1 is 1.13 bits per heavy atom. The van der Waals surface area contributed by atoms with Crippen molar-refractivity contribution in [2.45, 2.75) is 44.1 Å². The highest BCUT2D eigenvalue weighted by Gasteiger charge is 2.35. The third kappa shape index (κ3) is 5.81. The van der Waals surface area contributed by atoms with Crippen molar-refractivity contribution in [3.63, 3.8) is 0 Å². The van der Waals surface area contributed by atoms with E-state index in [9.17, 15) is 0 Å². The van der Waals surface area contributed by atoms with Crippen LogP contribution in [-0.4, -0.2) is 71.5 Å². The largest absolute Gasteiger partial charge is 0.454 e. The predicted octanol–water partition coefficient (Wildman–Crippen LogP) is 2.21. The summed E-state index contributed by atoms with van der Waals surface area (Å²) < 4.78 is 28.0. The van der Waals surface area contributed by atoms with Gasteiger partial charge in [-0.25, -0.2) is 0 Å². The number of guanidine groups is 1. The molecule has 0 saturated carbocycles. The van der Waals surface area contributed by atoms with E-state index in [0.29, 0.717) is 13.3 Å². The van der Waals surface area contributed by atoms with Crippen LogP contribution in [0.2, 0.25) is 0 Å². The molecule has 2 saturated heterocycles. The monoisotopic (exact) mass is 433 g/mol. The highest BCUT2D eigenvalue weighted by atomic mass is 16.7. The molecule has 172 valence electrons. The Hall–Kier alpha value is -2.03. The van der Waals surface area contributed by atoms with Gasteiger partial charge in [0.15, 0.2) is 17.5 Å². The molecule has 3 aliphatic rings. The van der Waals surface area contributed by atoms with Crippen molar-refractivity contribution >= 4 is 5.96 Å². The van der Waals surface area contributed by atoms with Gasteiger partial charge in [0.25, 0.3) is 0 Å². The van der Waals surface area contributed by atoms with Crippen LogP contribution in [0.4, 0.5) is 0 Å². The number of nitrogens with one attached hydrogen (secondary N) is 2. The van der Waals surface area contributed by atoms with Gasteiger partial charge < -0.3 is 34.3 Å². The maximum absolute atomic E-state index is 5.85. The minimum Gasteiger partial charge on any atom is -0.454 e. The Bertz CT molecular complexity index is 730. The molecular formula is C23H35N3O5. The Balaban J connectivity index is 1.36. The number of hydrogen-bond acceptors (Lipinski definition) is 6. The third-order valence-electron chi connectivity index (χ3n) is 6.17. The number of ether oxygens (including phenoxy) is 5. The van der Waals surface area contributed by atoms with Gasteiger partial charge in [0.2, 0.25) is 6.79 Å². The van der Waals surface area contributed by atoms with E-state index in [4.69, 9.17) is 28.7 Å². The Kier molecular flexibility index (Phi) is 7.88. The van der Waals surface area contributed by atoms with Gasteiger partial charge in [0.1, 0.15) is 0 Å². The van der Waals surface area contributed by atoms with Gasteiger partial charge in [-0.15, -0.1) is 0 Å². The average molecular weight is 434 g/mol. The first kappa shape index (κ1) is 22.2. The second kappa shape index (κ2) is 11.0. The molecule has 0 amide bonds. The molecule has 2 fully saturated rings. The van der Waals surface area contributed by atoms with Gasteiger partial charge in [0, 0.05) is 44.9 Å². The second-order valence-electron chi connectivity index (χ2n) is 8.29. The van der Waals surface area contributed by atoms with E-state index >= 15 is 0 Å². The molecule has 3 aliphatic heterocycles. The average Bonchev–Trinajstić information content (AvgIpc) is 3.49. The first-order valence-corrected chi connectivity index (χ1v) is 11.5. The summed E-state index contributed by atoms with van der Waals surface area (Å²) in [6, 6.07) is 6.28. The molecule has 0 radical (unpaired) electrons. The SMILES string of the molecule is CCNC(=NCC1(c2ccc3c(c2)OCO3)CCOCC1)NCCCOC1CCOC1. The molecule has 2 N–H and O–H groups in total. The minimum atomic E-state index is -0.0623. The molecule has 3 heterocycles. The van der Waals surface area contributed by atoms with Crippen LogP contribution in [0.15, 0.2) is 23.2 Å². The molecule has 8 heteroatoms. The summed E-state index contributed by atoms with van der Waals surface area (Å²) in [7, 11) is 0. The summed E-state index contributed by atoms with van der Waals surface area (Å²) in [6.07, 6.45) is 4.07. The minimum absolute atomic E-state index is 0.0623. The van der Waals surface area contributed by atoms with E-state index in [1.165, 1.54) is 5.56 Å². The Morgan fingerprint density at radius 3 is 2.81 bits per heavy atom. The van der Waals surface area contributed by atoms with Gasteiger partial charge in [-0.1, -0.05) is 6.07 Å². The summed E-state index contributed by atoms with van der Waals surface area (Å²) in [5.41, 5.74) is 1.18. The fourth-order valence-electron chi connectivity index (χ4n) is 4.27. The van der Waals surface area contributed by atoms with Crippen LogP contribution < -0.4 is 20.1 Å². The molecule has 0 spiro atoms. The third-order valence-corrected chi connectivity index (χ3v) is 6.17. The van der Waals surface area contributed by atoms with Crippen molar-refractivity contribution in [3.8, 4) is 11.5 Å². The van der Waals surface area contributed by atoms with Gasteiger partial charge in [-0.05, 0) is 50.3 Å². The Labute approximate surface area is 184 Å². The van der Waals surface area contributed by atoms with Gasteiger partial charge >= 0.3 is 0 Å². The van der Waals surface area contributed by atoms with E-state index in [1.54, 1.807) is 0 Å². The molecule has 8 nitrogen and oxygen atoms in total. The van der Waals surface area contributed by atoms with Crippen LogP contribution >= 0.6 is 0 Å². The number of hydrogen-bond donors (Lipinski definition) is 2. The Morgan fingerprint density at radius 2 is 2.00 bits per heavy atom. The zero-order valence-corrected chi connectivity index (χ0v) is 18.5. The van der Waals surface area contributed by atoms with Crippen molar-refractivity contribution in [2.24, 2.45) is 4.99 Å². The van der Waals surface area contributed by atoms with Crippen LogP contribution in [0, 0.1) is 0 Å². The lowest BCUT2D eigenvalue weighted by Gasteiger charge is -2.36. The fourth-order valence-corrected chi connectivity index (χ4v) is 4.27. The normalized spacial score (nSPS) is 22.5. The van der Waals surface area contributed by atoms with Crippen LogP contribution in [0.5, 0.6) is 11.5 Å². The van der Waals surface area contributed by atoms with Crippen molar-refractivity contribution < 1.29 is 23.7 Å². The molecule has 1 aromatic carbocycles. The summed E-state index contributed by atoms with van der Waals surface area (Å²) in [5.74, 6) is 2.49. The zero-order valence-electron chi connectivity index (χ0n) is 18.5. The number of nitrogens with zero attached hydrogens (tertiary/aromatic N) is 1.